The van der Waals surface area contributed by atoms with Crippen LogP contribution in [0.4, 0.5) is 0 Å². The summed E-state index contributed by atoms with van der Waals surface area (Å²) in [4.78, 5) is 25.3. The zero-order valence-electron chi connectivity index (χ0n) is 49.9. The molecule has 94 heavy (non-hydrogen) atoms. The largest absolute Gasteiger partial charge is 0.453 e. The highest BCUT2D eigenvalue weighted by atomic mass is 16.5. The van der Waals surface area contributed by atoms with Crippen molar-refractivity contribution in [3.8, 4) is 86.2 Å². The van der Waals surface area contributed by atoms with E-state index in [0.717, 1.165) is 152 Å². The number of hydrogen-bond acceptors (Lipinski definition) is 8. The van der Waals surface area contributed by atoms with Crippen LogP contribution in [0.25, 0.3) is 150 Å². The Bertz CT molecular complexity index is 6320. The van der Waals surface area contributed by atoms with Gasteiger partial charge in [-0.15, -0.1) is 0 Å². The average Bonchev–Trinajstić information content (AvgIpc) is 1.56. The summed E-state index contributed by atoms with van der Waals surface area (Å²) in [5.41, 5.74) is 17.4. The fraction of sp³-hybridized carbons (Fsp3) is 0. The lowest BCUT2D eigenvalue weighted by Gasteiger charge is -2.21. The molecule has 0 unspecified atom stereocenters. The van der Waals surface area contributed by atoms with Crippen LogP contribution in [0.5, 0.6) is 34.5 Å². The van der Waals surface area contributed by atoms with Crippen molar-refractivity contribution in [1.29, 1.82) is 0 Å². The van der Waals surface area contributed by atoms with Gasteiger partial charge in [0, 0.05) is 27.1 Å². The number of benzene rings is 13. The Morgan fingerprint density at radius 2 is 0.628 bits per heavy atom. The fourth-order valence-electron chi connectivity index (χ4n) is 14.2. The topological polar surface area (TPSA) is 117 Å². The predicted molar refractivity (Wildman–Crippen MR) is 374 cm³/mol. The molecule has 0 atom stereocenters. The van der Waals surface area contributed by atoms with Gasteiger partial charge in [-0.2, -0.15) is 0 Å². The summed E-state index contributed by atoms with van der Waals surface area (Å²) >= 11 is 0. The number of fused-ring (bicyclic) bond motifs is 15. The van der Waals surface area contributed by atoms with E-state index in [1.807, 2.05) is 152 Å². The highest BCUT2D eigenvalue weighted by Gasteiger charge is 2.31. The highest BCUT2D eigenvalue weighted by Crippen LogP contribution is 2.48. The molecule has 13 heteroatoms. The Balaban J connectivity index is 0.0000000972. The summed E-state index contributed by atoms with van der Waals surface area (Å²) < 4.78 is 29.8. The first-order chi connectivity index (χ1) is 46.6. The van der Waals surface area contributed by atoms with Crippen molar-refractivity contribution < 1.29 is 14.2 Å². The Morgan fingerprint density at radius 1 is 0.234 bits per heavy atom. The maximum absolute atomic E-state index is 6.24. The fourth-order valence-corrected chi connectivity index (χ4v) is 14.2. The molecule has 6 aromatic heterocycles. The average molecular weight is 1210 g/mol. The summed E-state index contributed by atoms with van der Waals surface area (Å²) in [6, 6.07) is 99.1. The van der Waals surface area contributed by atoms with E-state index in [1.165, 1.54) is 32.3 Å². The van der Waals surface area contributed by atoms with Crippen molar-refractivity contribution >= 4 is 98.5 Å². The smallest absolute Gasteiger partial charge is 0.220 e. The van der Waals surface area contributed by atoms with Gasteiger partial charge in [-0.25, -0.2) is 24.9 Å². The van der Waals surface area contributed by atoms with Crippen LogP contribution in [-0.2, 0) is 0 Å². The minimum atomic E-state index is 0.744. The van der Waals surface area contributed by atoms with Crippen LogP contribution in [-0.4, -0.2) is 47.8 Å². The first kappa shape index (κ1) is 51.7. The molecule has 0 spiro atoms. The molecule has 0 bridgehead atoms. The lowest BCUT2D eigenvalue weighted by molar-refractivity contribution is 0.475. The molecule has 0 fully saturated rings. The predicted octanol–water partition coefficient (Wildman–Crippen LogP) is 20.0. The van der Waals surface area contributed by atoms with Crippen LogP contribution in [0, 0.1) is 0 Å². The van der Waals surface area contributed by atoms with Crippen LogP contribution in [0.15, 0.2) is 291 Å². The lowest BCUT2D eigenvalue weighted by Crippen LogP contribution is -2.09. The van der Waals surface area contributed by atoms with Gasteiger partial charge in [0.1, 0.15) is 27.9 Å². The molecule has 3 aliphatic heterocycles. The van der Waals surface area contributed by atoms with Gasteiger partial charge in [-0.05, 0) is 120 Å². The number of hydrogen-bond donors (Lipinski definition) is 0. The molecule has 0 saturated carbocycles. The Kier molecular flexibility index (Phi) is 11.1. The zero-order chi connectivity index (χ0) is 61.5. The second kappa shape index (κ2) is 20.2. The van der Waals surface area contributed by atoms with Gasteiger partial charge in [0.25, 0.3) is 0 Å². The number of imidazole rings is 3. The number of rotatable bonds is 4. The monoisotopic (exact) mass is 1210 g/mol. The van der Waals surface area contributed by atoms with Gasteiger partial charge in [0.15, 0.2) is 40.3 Å². The van der Waals surface area contributed by atoms with Gasteiger partial charge >= 0.3 is 0 Å². The van der Waals surface area contributed by atoms with Crippen LogP contribution in [0.1, 0.15) is 0 Å². The molecule has 3 aliphatic rings. The van der Waals surface area contributed by atoms with E-state index in [-0.39, 0.29) is 0 Å². The Morgan fingerprint density at radius 3 is 1.19 bits per heavy atom. The number of nitrogens with zero attached hydrogens (tertiary/aromatic N) is 10. The number of para-hydroxylation sites is 14. The van der Waals surface area contributed by atoms with Crippen molar-refractivity contribution in [2.45, 2.75) is 0 Å². The first-order valence-corrected chi connectivity index (χ1v) is 31.2. The maximum Gasteiger partial charge on any atom is 0.220 e. The molecule has 0 radical (unpaired) electrons. The summed E-state index contributed by atoms with van der Waals surface area (Å²) in [6.07, 6.45) is 0. The summed E-state index contributed by atoms with van der Waals surface area (Å²) in [7, 11) is 0. The second-order valence-electron chi connectivity index (χ2n) is 23.5. The third-order valence-corrected chi connectivity index (χ3v) is 18.2. The van der Waals surface area contributed by atoms with E-state index in [2.05, 4.69) is 162 Å². The van der Waals surface area contributed by atoms with Crippen molar-refractivity contribution in [2.75, 3.05) is 0 Å². The molecular formula is C81H48N10O3. The third kappa shape index (κ3) is 7.66. The SMILES string of the molecule is c1ccc(-c2nc3ccccc3nc2-c2nc3cccc4c3n2-c2ccccc2O4)cc1.c1ccc2c(c1)Oc1cccc3nc(-n4c5ccccc5c5c6ccccc6ccc54)n-2c13.c1ccc2c(c1)Oc1cccc3nc(-n4c5ccccc5c5ccccc54)n-2c13. The van der Waals surface area contributed by atoms with Gasteiger partial charge in [0.05, 0.1) is 66.7 Å². The van der Waals surface area contributed by atoms with E-state index < -0.39 is 0 Å². The molecule has 440 valence electrons. The van der Waals surface area contributed by atoms with Gasteiger partial charge in [-0.1, -0.05) is 182 Å². The van der Waals surface area contributed by atoms with Crippen LogP contribution in [0.2, 0.25) is 0 Å². The molecule has 22 rings (SSSR count). The van der Waals surface area contributed by atoms with Crippen LogP contribution >= 0.6 is 0 Å². The quantitative estimate of drug-likeness (QED) is 0.171. The first-order valence-electron chi connectivity index (χ1n) is 31.2. The van der Waals surface area contributed by atoms with Gasteiger partial charge in [0.2, 0.25) is 11.9 Å². The van der Waals surface area contributed by atoms with Gasteiger partial charge in [-0.3, -0.25) is 22.8 Å². The molecular weight excluding hydrogens is 1160 g/mol. The van der Waals surface area contributed by atoms with Crippen LogP contribution < -0.4 is 14.2 Å². The Labute approximate surface area is 535 Å². The second-order valence-corrected chi connectivity index (χ2v) is 23.5. The zero-order valence-corrected chi connectivity index (χ0v) is 49.9. The minimum Gasteiger partial charge on any atom is -0.453 e. The molecule has 0 amide bonds. The minimum absolute atomic E-state index is 0.744. The maximum atomic E-state index is 6.24. The van der Waals surface area contributed by atoms with E-state index in [0.29, 0.717) is 0 Å². The summed E-state index contributed by atoms with van der Waals surface area (Å²) in [5.74, 6) is 7.42. The molecule has 19 aromatic rings. The standard InChI is InChI=1S/C29H17N3O.C27H16N4O.C25H15N3O/c1-2-9-19-18(8-1)16-17-24-27(19)20-10-3-4-12-22(20)31(24)29-30-21-11-7-15-26-28(21)32(29)23-13-5-6-14-25(23)33-26;1-2-9-17(10-3-1)24-25(29-19-12-5-4-11-18(19)28-24)27-30-20-13-8-16-23-26(20)31(27)21-14-6-7-15-22(21)32-23;1-3-11-19-16(8-1)17-9-2-4-12-20(17)27(19)25-26-18-10-7-15-23-24(18)28(25)21-13-5-6-14-22(21)29-23/h1-17H;1-16H;1-15H. The van der Waals surface area contributed by atoms with Crippen molar-refractivity contribution in [2.24, 2.45) is 0 Å². The van der Waals surface area contributed by atoms with E-state index in [1.54, 1.807) is 0 Å². The molecule has 13 nitrogen and oxygen atoms in total. The van der Waals surface area contributed by atoms with Crippen molar-refractivity contribution in [1.82, 2.24) is 47.8 Å². The number of ether oxygens (including phenoxy) is 3. The van der Waals surface area contributed by atoms with E-state index in [9.17, 15) is 0 Å². The third-order valence-electron chi connectivity index (χ3n) is 18.2. The van der Waals surface area contributed by atoms with Crippen LogP contribution in [0.3, 0.4) is 0 Å². The molecule has 9 heterocycles. The highest BCUT2D eigenvalue weighted by molar-refractivity contribution is 6.21. The Hall–Kier alpha value is -13.1. The van der Waals surface area contributed by atoms with E-state index in [4.69, 9.17) is 39.1 Å². The molecule has 13 aromatic carbocycles. The lowest BCUT2D eigenvalue weighted by atomic mass is 10.0. The molecule has 0 saturated heterocycles. The normalized spacial score (nSPS) is 12.3. The number of aromatic nitrogens is 10. The summed E-state index contributed by atoms with van der Waals surface area (Å²) in [6.45, 7) is 0. The molecule has 0 aliphatic carbocycles. The van der Waals surface area contributed by atoms with E-state index >= 15 is 0 Å². The molecule has 0 N–H and O–H groups in total. The van der Waals surface area contributed by atoms with Gasteiger partial charge < -0.3 is 14.2 Å². The van der Waals surface area contributed by atoms with Crippen molar-refractivity contribution in [3.05, 3.63) is 291 Å². The van der Waals surface area contributed by atoms with Crippen molar-refractivity contribution in [3.63, 3.8) is 0 Å². The summed E-state index contributed by atoms with van der Waals surface area (Å²) in [5, 5.41) is 7.42.